The first kappa shape index (κ1) is 20.1. The average Bonchev–Trinajstić information content (AvgIpc) is 2.73. The molecule has 0 saturated carbocycles. The SMILES string of the molecule is COc1cc2c(cc1OC)CCN(CC(=O)NCC(=O)O)CC2.Cl. The first-order valence-electron chi connectivity index (χ1n) is 7.48. The van der Waals surface area contributed by atoms with E-state index in [4.69, 9.17) is 14.6 Å². The van der Waals surface area contributed by atoms with Crippen LogP contribution in [0.2, 0.25) is 0 Å². The highest BCUT2D eigenvalue weighted by Gasteiger charge is 2.19. The number of benzene rings is 1. The van der Waals surface area contributed by atoms with Crippen LogP contribution in [0, 0.1) is 0 Å². The predicted molar refractivity (Wildman–Crippen MR) is 91.3 cm³/mol. The van der Waals surface area contributed by atoms with E-state index in [0.717, 1.165) is 25.9 Å². The Kier molecular flexibility index (Phi) is 7.81. The number of carbonyl (C=O) groups excluding carboxylic acids is 1. The topological polar surface area (TPSA) is 88.1 Å². The molecule has 0 saturated heterocycles. The van der Waals surface area contributed by atoms with Crippen molar-refractivity contribution in [3.8, 4) is 11.5 Å². The van der Waals surface area contributed by atoms with E-state index >= 15 is 0 Å². The van der Waals surface area contributed by atoms with Crippen LogP contribution in [0.25, 0.3) is 0 Å². The Labute approximate surface area is 147 Å². The van der Waals surface area contributed by atoms with Crippen LogP contribution in [0.4, 0.5) is 0 Å². The maximum absolute atomic E-state index is 11.7. The fraction of sp³-hybridized carbons (Fsp3) is 0.500. The highest BCUT2D eigenvalue weighted by atomic mass is 35.5. The third-order valence-corrected chi connectivity index (χ3v) is 3.90. The second-order valence-electron chi connectivity index (χ2n) is 5.42. The number of carboxylic acids is 1. The largest absolute Gasteiger partial charge is 0.493 e. The lowest BCUT2D eigenvalue weighted by molar-refractivity contribution is -0.138. The summed E-state index contributed by atoms with van der Waals surface area (Å²) in [6.45, 7) is 1.34. The quantitative estimate of drug-likeness (QED) is 0.779. The van der Waals surface area contributed by atoms with Crippen molar-refractivity contribution in [2.45, 2.75) is 12.8 Å². The number of rotatable bonds is 6. The second-order valence-corrected chi connectivity index (χ2v) is 5.42. The van der Waals surface area contributed by atoms with Gasteiger partial charge in [0.25, 0.3) is 0 Å². The van der Waals surface area contributed by atoms with E-state index in [-0.39, 0.29) is 31.4 Å². The summed E-state index contributed by atoms with van der Waals surface area (Å²) in [6.07, 6.45) is 1.61. The molecule has 0 radical (unpaired) electrons. The summed E-state index contributed by atoms with van der Waals surface area (Å²) in [5.41, 5.74) is 2.38. The van der Waals surface area contributed by atoms with E-state index in [9.17, 15) is 9.59 Å². The lowest BCUT2D eigenvalue weighted by Gasteiger charge is -2.18. The van der Waals surface area contributed by atoms with Crippen LogP contribution < -0.4 is 14.8 Å². The summed E-state index contributed by atoms with van der Waals surface area (Å²) in [5.74, 6) is 0.104. The van der Waals surface area contributed by atoms with Crippen molar-refractivity contribution >= 4 is 24.3 Å². The average molecular weight is 359 g/mol. The van der Waals surface area contributed by atoms with Gasteiger partial charge < -0.3 is 19.9 Å². The molecule has 0 fully saturated rings. The lowest BCUT2D eigenvalue weighted by Crippen LogP contribution is -2.40. The van der Waals surface area contributed by atoms with Crippen molar-refractivity contribution in [1.82, 2.24) is 10.2 Å². The third kappa shape index (κ3) is 5.28. The zero-order valence-corrected chi connectivity index (χ0v) is 14.6. The van der Waals surface area contributed by atoms with E-state index in [1.54, 1.807) is 14.2 Å². The Morgan fingerprint density at radius 1 is 1.12 bits per heavy atom. The number of hydrogen-bond acceptors (Lipinski definition) is 5. The Balaban J connectivity index is 0.00000288. The molecule has 0 bridgehead atoms. The van der Waals surface area contributed by atoms with Crippen LogP contribution in [-0.2, 0) is 22.4 Å². The minimum atomic E-state index is -1.04. The molecular weight excluding hydrogens is 336 g/mol. The third-order valence-electron chi connectivity index (χ3n) is 3.90. The van der Waals surface area contributed by atoms with Crippen molar-refractivity contribution in [1.29, 1.82) is 0 Å². The molecule has 24 heavy (non-hydrogen) atoms. The minimum Gasteiger partial charge on any atom is -0.493 e. The van der Waals surface area contributed by atoms with Crippen molar-refractivity contribution in [2.75, 3.05) is 40.4 Å². The number of hydrogen-bond donors (Lipinski definition) is 2. The van der Waals surface area contributed by atoms with Gasteiger partial charge in [-0.1, -0.05) is 0 Å². The monoisotopic (exact) mass is 358 g/mol. The highest BCUT2D eigenvalue weighted by Crippen LogP contribution is 2.32. The van der Waals surface area contributed by atoms with Gasteiger partial charge in [-0.15, -0.1) is 12.4 Å². The van der Waals surface area contributed by atoms with E-state index < -0.39 is 5.97 Å². The fourth-order valence-corrected chi connectivity index (χ4v) is 2.69. The number of ether oxygens (including phenoxy) is 2. The van der Waals surface area contributed by atoms with E-state index in [1.165, 1.54) is 11.1 Å². The fourth-order valence-electron chi connectivity index (χ4n) is 2.69. The van der Waals surface area contributed by atoms with Gasteiger partial charge in [0.1, 0.15) is 6.54 Å². The first-order valence-corrected chi connectivity index (χ1v) is 7.48. The van der Waals surface area contributed by atoms with E-state index in [1.807, 2.05) is 17.0 Å². The molecule has 1 aliphatic rings. The van der Waals surface area contributed by atoms with Crippen LogP contribution in [0.1, 0.15) is 11.1 Å². The van der Waals surface area contributed by atoms with Gasteiger partial charge in [0, 0.05) is 13.1 Å². The van der Waals surface area contributed by atoms with Crippen LogP contribution in [0.3, 0.4) is 0 Å². The molecule has 1 aromatic rings. The predicted octanol–water partition coefficient (Wildman–Crippen LogP) is 0.727. The molecule has 0 unspecified atom stereocenters. The zero-order chi connectivity index (χ0) is 16.8. The normalized spacial score (nSPS) is 13.9. The van der Waals surface area contributed by atoms with Crippen molar-refractivity contribution in [3.63, 3.8) is 0 Å². The lowest BCUT2D eigenvalue weighted by atomic mass is 10.0. The Bertz CT molecular complexity index is 559. The van der Waals surface area contributed by atoms with Crippen LogP contribution in [-0.4, -0.2) is 62.3 Å². The number of carbonyl (C=O) groups is 2. The minimum absolute atomic E-state index is 0. The van der Waals surface area contributed by atoms with E-state index in [0.29, 0.717) is 11.5 Å². The van der Waals surface area contributed by atoms with Gasteiger partial charge in [-0.25, -0.2) is 0 Å². The molecule has 1 heterocycles. The number of halogens is 1. The standard InChI is InChI=1S/C16H22N2O5.ClH/c1-22-13-7-11-3-5-18(10-15(19)17-9-16(20)21)6-4-12(11)8-14(13)23-2;/h7-8H,3-6,9-10H2,1-2H3,(H,17,19)(H,20,21);1H. The number of nitrogens with zero attached hydrogens (tertiary/aromatic N) is 1. The van der Waals surface area contributed by atoms with Gasteiger partial charge in [0.2, 0.25) is 5.91 Å². The molecule has 0 spiro atoms. The summed E-state index contributed by atoms with van der Waals surface area (Å²) in [7, 11) is 3.22. The molecule has 8 heteroatoms. The molecule has 2 rings (SSSR count). The zero-order valence-electron chi connectivity index (χ0n) is 13.8. The number of amides is 1. The molecule has 7 nitrogen and oxygen atoms in total. The van der Waals surface area contributed by atoms with Gasteiger partial charge >= 0.3 is 5.97 Å². The molecule has 1 amide bonds. The summed E-state index contributed by atoms with van der Waals surface area (Å²) in [4.78, 5) is 24.2. The van der Waals surface area contributed by atoms with Crippen LogP contribution >= 0.6 is 12.4 Å². The summed E-state index contributed by atoms with van der Waals surface area (Å²) < 4.78 is 10.7. The molecule has 1 aliphatic heterocycles. The Hall–Kier alpha value is -1.99. The second kappa shape index (κ2) is 9.34. The van der Waals surface area contributed by atoms with Crippen LogP contribution in [0.5, 0.6) is 11.5 Å². The summed E-state index contributed by atoms with van der Waals surface area (Å²) in [6, 6.07) is 3.98. The molecule has 0 aromatic heterocycles. The van der Waals surface area contributed by atoms with Gasteiger partial charge in [0.15, 0.2) is 11.5 Å². The number of nitrogens with one attached hydrogen (secondary N) is 1. The smallest absolute Gasteiger partial charge is 0.322 e. The Morgan fingerprint density at radius 2 is 1.62 bits per heavy atom. The highest BCUT2D eigenvalue weighted by molar-refractivity contribution is 5.85. The van der Waals surface area contributed by atoms with Crippen molar-refractivity contribution in [2.24, 2.45) is 0 Å². The molecular formula is C16H23ClN2O5. The van der Waals surface area contributed by atoms with Gasteiger partial charge in [0.05, 0.1) is 20.8 Å². The molecule has 1 aromatic carbocycles. The number of methoxy groups -OCH3 is 2. The molecule has 134 valence electrons. The van der Waals surface area contributed by atoms with Crippen molar-refractivity contribution in [3.05, 3.63) is 23.3 Å². The van der Waals surface area contributed by atoms with E-state index in [2.05, 4.69) is 5.32 Å². The Morgan fingerprint density at radius 3 is 2.04 bits per heavy atom. The maximum Gasteiger partial charge on any atom is 0.322 e. The van der Waals surface area contributed by atoms with Crippen LogP contribution in [0.15, 0.2) is 12.1 Å². The number of carboxylic acid groups (broad SMARTS) is 1. The van der Waals surface area contributed by atoms with Crippen molar-refractivity contribution < 1.29 is 24.2 Å². The summed E-state index contributed by atoms with van der Waals surface area (Å²) >= 11 is 0. The summed E-state index contributed by atoms with van der Waals surface area (Å²) in [5, 5.41) is 11.0. The van der Waals surface area contributed by atoms with Gasteiger partial charge in [-0.05, 0) is 36.1 Å². The number of fused-ring (bicyclic) bond motifs is 1. The molecule has 2 N–H and O–H groups in total. The molecule has 0 aliphatic carbocycles. The van der Waals surface area contributed by atoms with Gasteiger partial charge in [-0.2, -0.15) is 0 Å². The first-order chi connectivity index (χ1) is 11.0. The maximum atomic E-state index is 11.7. The molecule has 0 atom stereocenters. The van der Waals surface area contributed by atoms with Gasteiger partial charge in [-0.3, -0.25) is 14.5 Å². The number of aliphatic carboxylic acids is 1.